The fraction of sp³-hybridized carbons (Fsp3) is 0.467. The van der Waals surface area contributed by atoms with Gasteiger partial charge in [0.15, 0.2) is 5.82 Å². The third kappa shape index (κ3) is 3.02. The lowest BCUT2D eigenvalue weighted by molar-refractivity contribution is 0.300. The van der Waals surface area contributed by atoms with Gasteiger partial charge in [-0.25, -0.2) is 0 Å². The molecule has 5 heteroatoms. The van der Waals surface area contributed by atoms with E-state index >= 15 is 0 Å². The number of hydrogen-bond acceptors (Lipinski definition) is 4. The normalized spacial score (nSPS) is 22.9. The molecule has 1 saturated carbocycles. The van der Waals surface area contributed by atoms with E-state index in [1.807, 2.05) is 24.3 Å². The molecule has 1 aromatic heterocycles. The largest absolute Gasteiger partial charge is 0.339 e. The zero-order chi connectivity index (χ0) is 13.9. The average molecular weight is 292 g/mol. The van der Waals surface area contributed by atoms with Crippen molar-refractivity contribution in [1.82, 2.24) is 10.1 Å². The van der Waals surface area contributed by atoms with E-state index < -0.39 is 0 Å². The van der Waals surface area contributed by atoms with Crippen LogP contribution in [0.5, 0.6) is 0 Å². The SMILES string of the molecule is NC1CCC(c2nc(Cc3ccccc3Cl)no2)CC1. The highest BCUT2D eigenvalue weighted by atomic mass is 35.5. The zero-order valence-electron chi connectivity index (χ0n) is 11.3. The van der Waals surface area contributed by atoms with Gasteiger partial charge in [-0.1, -0.05) is 35.0 Å². The van der Waals surface area contributed by atoms with Crippen molar-refractivity contribution in [1.29, 1.82) is 0 Å². The summed E-state index contributed by atoms with van der Waals surface area (Å²) in [6, 6.07) is 8.07. The molecule has 0 atom stereocenters. The van der Waals surface area contributed by atoms with E-state index in [4.69, 9.17) is 21.9 Å². The van der Waals surface area contributed by atoms with E-state index in [9.17, 15) is 0 Å². The van der Waals surface area contributed by atoms with Gasteiger partial charge in [-0.15, -0.1) is 0 Å². The van der Waals surface area contributed by atoms with E-state index in [-0.39, 0.29) is 0 Å². The van der Waals surface area contributed by atoms with Gasteiger partial charge in [0.25, 0.3) is 0 Å². The Balaban J connectivity index is 1.69. The lowest BCUT2D eigenvalue weighted by Gasteiger charge is -2.22. The fourth-order valence-electron chi connectivity index (χ4n) is 2.68. The average Bonchev–Trinajstić information content (AvgIpc) is 2.91. The second-order valence-electron chi connectivity index (χ2n) is 5.43. The molecule has 20 heavy (non-hydrogen) atoms. The molecule has 0 saturated heterocycles. The molecule has 0 amide bonds. The molecule has 106 valence electrons. The molecular formula is C15H18ClN3O. The summed E-state index contributed by atoms with van der Waals surface area (Å²) in [6.45, 7) is 0. The molecule has 3 rings (SSSR count). The molecule has 2 aromatic rings. The van der Waals surface area contributed by atoms with Crippen LogP contribution in [0.1, 0.15) is 48.9 Å². The first-order valence-electron chi connectivity index (χ1n) is 7.04. The van der Waals surface area contributed by atoms with Crippen molar-refractivity contribution in [2.45, 2.75) is 44.1 Å². The topological polar surface area (TPSA) is 64.9 Å². The summed E-state index contributed by atoms with van der Waals surface area (Å²) in [5.74, 6) is 1.81. The Bertz CT molecular complexity index is 576. The van der Waals surface area contributed by atoms with Crippen molar-refractivity contribution in [2.24, 2.45) is 5.73 Å². The molecule has 0 unspecified atom stereocenters. The van der Waals surface area contributed by atoms with Crippen LogP contribution in [0, 0.1) is 0 Å². The van der Waals surface area contributed by atoms with Gasteiger partial charge in [-0.3, -0.25) is 0 Å². The predicted octanol–water partition coefficient (Wildman–Crippen LogP) is 3.30. The summed E-state index contributed by atoms with van der Waals surface area (Å²) >= 11 is 6.15. The number of halogens is 1. The highest BCUT2D eigenvalue weighted by Crippen LogP contribution is 2.31. The number of rotatable bonds is 3. The van der Waals surface area contributed by atoms with Crippen molar-refractivity contribution < 1.29 is 4.52 Å². The maximum absolute atomic E-state index is 6.15. The highest BCUT2D eigenvalue weighted by molar-refractivity contribution is 6.31. The predicted molar refractivity (Wildman–Crippen MR) is 77.7 cm³/mol. The van der Waals surface area contributed by atoms with Gasteiger partial charge < -0.3 is 10.3 Å². The van der Waals surface area contributed by atoms with Crippen LogP contribution in [-0.4, -0.2) is 16.2 Å². The van der Waals surface area contributed by atoms with Crippen molar-refractivity contribution in [3.63, 3.8) is 0 Å². The van der Waals surface area contributed by atoms with Crippen LogP contribution in [0.3, 0.4) is 0 Å². The second-order valence-corrected chi connectivity index (χ2v) is 5.84. The summed E-state index contributed by atoms with van der Waals surface area (Å²) in [7, 11) is 0. The van der Waals surface area contributed by atoms with Gasteiger partial charge >= 0.3 is 0 Å². The molecule has 1 aromatic carbocycles. The van der Waals surface area contributed by atoms with Gasteiger partial charge in [0.2, 0.25) is 5.89 Å². The van der Waals surface area contributed by atoms with Crippen LogP contribution >= 0.6 is 11.6 Å². The quantitative estimate of drug-likeness (QED) is 0.942. The minimum absolute atomic E-state index is 0.330. The minimum atomic E-state index is 0.330. The minimum Gasteiger partial charge on any atom is -0.339 e. The van der Waals surface area contributed by atoms with Crippen molar-refractivity contribution in [3.8, 4) is 0 Å². The Morgan fingerprint density at radius 1 is 1.20 bits per heavy atom. The van der Waals surface area contributed by atoms with Gasteiger partial charge in [-0.2, -0.15) is 4.98 Å². The summed E-state index contributed by atoms with van der Waals surface area (Å²) < 4.78 is 5.41. The van der Waals surface area contributed by atoms with Gasteiger partial charge in [0, 0.05) is 23.4 Å². The highest BCUT2D eigenvalue weighted by Gasteiger charge is 2.24. The van der Waals surface area contributed by atoms with Crippen LogP contribution < -0.4 is 5.73 Å². The summed E-state index contributed by atoms with van der Waals surface area (Å²) in [5, 5.41) is 4.81. The molecular weight excluding hydrogens is 274 g/mol. The van der Waals surface area contributed by atoms with E-state index in [0.29, 0.717) is 24.2 Å². The number of aromatic nitrogens is 2. The molecule has 0 radical (unpaired) electrons. The molecule has 0 aliphatic heterocycles. The van der Waals surface area contributed by atoms with Crippen molar-refractivity contribution >= 4 is 11.6 Å². The first-order valence-corrected chi connectivity index (χ1v) is 7.41. The third-order valence-electron chi connectivity index (χ3n) is 3.91. The van der Waals surface area contributed by atoms with Crippen molar-refractivity contribution in [2.75, 3.05) is 0 Å². The molecule has 0 bridgehead atoms. The van der Waals surface area contributed by atoms with Gasteiger partial charge in [0.1, 0.15) is 0 Å². The Morgan fingerprint density at radius 2 is 1.95 bits per heavy atom. The first-order chi connectivity index (χ1) is 9.72. The van der Waals surface area contributed by atoms with Crippen molar-refractivity contribution in [3.05, 3.63) is 46.6 Å². The molecule has 1 heterocycles. The Kier molecular flexibility index (Phi) is 4.03. The number of hydrogen-bond donors (Lipinski definition) is 1. The number of nitrogens with zero attached hydrogens (tertiary/aromatic N) is 2. The van der Waals surface area contributed by atoms with E-state index in [2.05, 4.69) is 10.1 Å². The van der Waals surface area contributed by atoms with Crippen LogP contribution in [0.2, 0.25) is 5.02 Å². The molecule has 2 N–H and O–H groups in total. The summed E-state index contributed by atoms with van der Waals surface area (Å²) in [5.41, 5.74) is 6.94. The Labute approximate surface area is 123 Å². The monoisotopic (exact) mass is 291 g/mol. The maximum atomic E-state index is 6.15. The molecule has 0 spiro atoms. The summed E-state index contributed by atoms with van der Waals surface area (Å²) in [6.07, 6.45) is 4.75. The Morgan fingerprint density at radius 3 is 2.70 bits per heavy atom. The second kappa shape index (κ2) is 5.94. The number of benzene rings is 1. The van der Waals surface area contributed by atoms with Gasteiger partial charge in [0.05, 0.1) is 0 Å². The lowest BCUT2D eigenvalue weighted by Crippen LogP contribution is -2.25. The van der Waals surface area contributed by atoms with E-state index in [0.717, 1.165) is 42.2 Å². The van der Waals surface area contributed by atoms with Crippen LogP contribution in [-0.2, 0) is 6.42 Å². The van der Waals surface area contributed by atoms with Gasteiger partial charge in [-0.05, 0) is 37.3 Å². The first kappa shape index (κ1) is 13.6. The zero-order valence-corrected chi connectivity index (χ0v) is 12.0. The lowest BCUT2D eigenvalue weighted by atomic mass is 9.86. The molecule has 4 nitrogen and oxygen atoms in total. The fourth-order valence-corrected chi connectivity index (χ4v) is 2.89. The smallest absolute Gasteiger partial charge is 0.229 e. The van der Waals surface area contributed by atoms with E-state index in [1.165, 1.54) is 0 Å². The number of nitrogens with two attached hydrogens (primary N) is 1. The standard InChI is InChI=1S/C15H18ClN3O/c16-13-4-2-1-3-11(13)9-14-18-15(20-19-14)10-5-7-12(17)8-6-10/h1-4,10,12H,5-9,17H2. The Hall–Kier alpha value is -1.39. The van der Waals surface area contributed by atoms with E-state index in [1.54, 1.807) is 0 Å². The molecule has 1 aliphatic rings. The van der Waals surface area contributed by atoms with Crippen LogP contribution in [0.4, 0.5) is 0 Å². The maximum Gasteiger partial charge on any atom is 0.229 e. The van der Waals surface area contributed by atoms with Crippen LogP contribution in [0.25, 0.3) is 0 Å². The molecule has 1 aliphatic carbocycles. The summed E-state index contributed by atoms with van der Waals surface area (Å²) in [4.78, 5) is 4.52. The third-order valence-corrected chi connectivity index (χ3v) is 4.28. The van der Waals surface area contributed by atoms with Crippen LogP contribution in [0.15, 0.2) is 28.8 Å². The molecule has 1 fully saturated rings.